The molecule has 35 heavy (non-hydrogen) atoms. The minimum Gasteiger partial charge on any atom is -0.493 e. The lowest BCUT2D eigenvalue weighted by Gasteiger charge is -2.32. The van der Waals surface area contributed by atoms with Gasteiger partial charge in [-0.3, -0.25) is 9.69 Å². The van der Waals surface area contributed by atoms with Gasteiger partial charge in [0.15, 0.2) is 23.0 Å². The summed E-state index contributed by atoms with van der Waals surface area (Å²) in [7, 11) is 4.79. The normalized spacial score (nSPS) is 16.5. The molecule has 0 radical (unpaired) electrons. The van der Waals surface area contributed by atoms with E-state index >= 15 is 0 Å². The number of rotatable bonds is 10. The van der Waals surface area contributed by atoms with Crippen LogP contribution in [-0.2, 0) is 11.4 Å². The van der Waals surface area contributed by atoms with Gasteiger partial charge in [0.2, 0.25) is 0 Å². The van der Waals surface area contributed by atoms with Crippen molar-refractivity contribution in [3.05, 3.63) is 83.4 Å². The van der Waals surface area contributed by atoms with Crippen LogP contribution in [0.15, 0.2) is 66.7 Å². The zero-order valence-corrected chi connectivity index (χ0v) is 20.3. The first kappa shape index (κ1) is 24.4. The molecule has 3 aromatic carbocycles. The maximum Gasteiger partial charge on any atom is 0.320 e. The molecule has 1 heterocycles. The number of likely N-dealkylation sites (tertiary alicyclic amines) is 1. The molecule has 1 fully saturated rings. The SMILES string of the molecule is COc1ccc(C(c2ccc(OCc3ccccc3)c(OC)c2)N2CCCC2C(=O)O)cc1OC. The van der Waals surface area contributed by atoms with E-state index in [1.54, 1.807) is 21.3 Å². The average Bonchev–Trinajstić information content (AvgIpc) is 3.38. The Kier molecular flexibility index (Phi) is 7.77. The smallest absolute Gasteiger partial charge is 0.320 e. The molecule has 184 valence electrons. The van der Waals surface area contributed by atoms with Gasteiger partial charge in [0.25, 0.3) is 0 Å². The van der Waals surface area contributed by atoms with Gasteiger partial charge in [0, 0.05) is 6.54 Å². The first-order valence-electron chi connectivity index (χ1n) is 11.6. The quantitative estimate of drug-likeness (QED) is 0.444. The molecule has 7 heteroatoms. The number of carboxylic acids is 1. The second kappa shape index (κ2) is 11.1. The average molecular weight is 478 g/mol. The summed E-state index contributed by atoms with van der Waals surface area (Å²) in [6, 6.07) is 20.5. The van der Waals surface area contributed by atoms with Crippen LogP contribution in [0.25, 0.3) is 0 Å². The van der Waals surface area contributed by atoms with E-state index < -0.39 is 12.0 Å². The molecule has 0 aromatic heterocycles. The molecular formula is C28H31NO6. The van der Waals surface area contributed by atoms with Crippen molar-refractivity contribution in [3.8, 4) is 23.0 Å². The van der Waals surface area contributed by atoms with E-state index in [1.165, 1.54) is 0 Å². The van der Waals surface area contributed by atoms with E-state index in [2.05, 4.69) is 0 Å². The highest BCUT2D eigenvalue weighted by Gasteiger charge is 2.37. The third kappa shape index (κ3) is 5.35. The number of nitrogens with zero attached hydrogens (tertiary/aromatic N) is 1. The molecule has 2 unspecified atom stereocenters. The number of benzene rings is 3. The Morgan fingerprint density at radius 3 is 2.09 bits per heavy atom. The van der Waals surface area contributed by atoms with Crippen molar-refractivity contribution in [2.45, 2.75) is 31.5 Å². The summed E-state index contributed by atoms with van der Waals surface area (Å²) >= 11 is 0. The second-order valence-electron chi connectivity index (χ2n) is 8.44. The molecule has 0 saturated carbocycles. The summed E-state index contributed by atoms with van der Waals surface area (Å²) in [5.41, 5.74) is 2.88. The molecule has 1 saturated heterocycles. The van der Waals surface area contributed by atoms with Crippen molar-refractivity contribution in [2.75, 3.05) is 27.9 Å². The number of hydrogen-bond donors (Lipinski definition) is 1. The Bertz CT molecular complexity index is 1150. The van der Waals surface area contributed by atoms with Crippen LogP contribution in [0.3, 0.4) is 0 Å². The highest BCUT2D eigenvalue weighted by molar-refractivity contribution is 5.74. The van der Waals surface area contributed by atoms with Gasteiger partial charge in [0.05, 0.1) is 27.4 Å². The summed E-state index contributed by atoms with van der Waals surface area (Å²) in [5, 5.41) is 9.90. The number of ether oxygens (including phenoxy) is 4. The summed E-state index contributed by atoms with van der Waals surface area (Å²) in [6.45, 7) is 1.09. The highest BCUT2D eigenvalue weighted by atomic mass is 16.5. The van der Waals surface area contributed by atoms with Crippen molar-refractivity contribution >= 4 is 5.97 Å². The van der Waals surface area contributed by atoms with E-state index in [-0.39, 0.29) is 6.04 Å². The predicted molar refractivity (Wildman–Crippen MR) is 133 cm³/mol. The number of aliphatic carboxylic acids is 1. The Balaban J connectivity index is 1.72. The van der Waals surface area contributed by atoms with Crippen molar-refractivity contribution in [3.63, 3.8) is 0 Å². The van der Waals surface area contributed by atoms with Crippen molar-refractivity contribution < 1.29 is 28.8 Å². The van der Waals surface area contributed by atoms with Gasteiger partial charge < -0.3 is 24.1 Å². The lowest BCUT2D eigenvalue weighted by Crippen LogP contribution is -2.39. The maximum atomic E-state index is 12.1. The maximum absolute atomic E-state index is 12.1. The van der Waals surface area contributed by atoms with Crippen LogP contribution in [0.1, 0.15) is 35.6 Å². The van der Waals surface area contributed by atoms with Gasteiger partial charge >= 0.3 is 5.97 Å². The first-order chi connectivity index (χ1) is 17.0. The Hall–Kier alpha value is -3.71. The summed E-state index contributed by atoms with van der Waals surface area (Å²) in [5.74, 6) is 1.62. The zero-order chi connectivity index (χ0) is 24.8. The van der Waals surface area contributed by atoms with Gasteiger partial charge in [-0.05, 0) is 53.8 Å². The van der Waals surface area contributed by atoms with E-state index in [9.17, 15) is 9.90 Å². The zero-order valence-electron chi connectivity index (χ0n) is 20.3. The molecule has 0 amide bonds. The van der Waals surface area contributed by atoms with Crippen LogP contribution in [0, 0.1) is 0 Å². The van der Waals surface area contributed by atoms with Crippen LogP contribution < -0.4 is 18.9 Å². The second-order valence-corrected chi connectivity index (χ2v) is 8.44. The molecule has 2 atom stereocenters. The Morgan fingerprint density at radius 2 is 1.49 bits per heavy atom. The minimum absolute atomic E-state index is 0.310. The van der Waals surface area contributed by atoms with Crippen molar-refractivity contribution in [2.24, 2.45) is 0 Å². The fourth-order valence-electron chi connectivity index (χ4n) is 4.67. The molecule has 0 spiro atoms. The standard InChI is InChI=1S/C28H31NO6/c1-32-23-13-11-20(16-25(23)33-2)27(29-15-7-10-22(29)28(30)31)21-12-14-24(26(17-21)34-3)35-18-19-8-5-4-6-9-19/h4-6,8-9,11-14,16-17,22,27H,7,10,15,18H2,1-3H3,(H,30,31). The van der Waals surface area contributed by atoms with Crippen LogP contribution in [-0.4, -0.2) is 49.9 Å². The van der Waals surface area contributed by atoms with E-state index in [0.29, 0.717) is 42.6 Å². The number of carboxylic acid groups (broad SMARTS) is 1. The summed E-state index contributed by atoms with van der Waals surface area (Å²) < 4.78 is 22.7. The van der Waals surface area contributed by atoms with Crippen LogP contribution in [0.2, 0.25) is 0 Å². The van der Waals surface area contributed by atoms with Gasteiger partial charge in [-0.25, -0.2) is 0 Å². The lowest BCUT2D eigenvalue weighted by molar-refractivity contribution is -0.142. The monoisotopic (exact) mass is 477 g/mol. The first-order valence-corrected chi connectivity index (χ1v) is 11.6. The fourth-order valence-corrected chi connectivity index (χ4v) is 4.67. The molecule has 1 aliphatic rings. The lowest BCUT2D eigenvalue weighted by atomic mass is 9.95. The molecular weight excluding hydrogens is 446 g/mol. The van der Waals surface area contributed by atoms with Gasteiger partial charge in [0.1, 0.15) is 12.6 Å². The van der Waals surface area contributed by atoms with Gasteiger partial charge in [-0.2, -0.15) is 0 Å². The Labute approximate surface area is 205 Å². The summed E-state index contributed by atoms with van der Waals surface area (Å²) in [4.78, 5) is 14.1. The van der Waals surface area contributed by atoms with E-state index in [0.717, 1.165) is 23.1 Å². The molecule has 0 aliphatic carbocycles. The molecule has 1 aliphatic heterocycles. The number of hydrogen-bond acceptors (Lipinski definition) is 6. The van der Waals surface area contributed by atoms with E-state index in [1.807, 2.05) is 71.6 Å². The van der Waals surface area contributed by atoms with Gasteiger partial charge in [-0.15, -0.1) is 0 Å². The van der Waals surface area contributed by atoms with Crippen LogP contribution >= 0.6 is 0 Å². The number of carbonyl (C=O) groups is 1. The molecule has 4 rings (SSSR count). The van der Waals surface area contributed by atoms with E-state index in [4.69, 9.17) is 18.9 Å². The Morgan fingerprint density at radius 1 is 0.886 bits per heavy atom. The molecule has 1 N–H and O–H groups in total. The third-order valence-corrected chi connectivity index (χ3v) is 6.37. The third-order valence-electron chi connectivity index (χ3n) is 6.37. The minimum atomic E-state index is -0.817. The largest absolute Gasteiger partial charge is 0.493 e. The molecule has 0 bridgehead atoms. The molecule has 3 aromatic rings. The predicted octanol–water partition coefficient (Wildman–Crippen LogP) is 4.93. The highest BCUT2D eigenvalue weighted by Crippen LogP contribution is 2.41. The summed E-state index contributed by atoms with van der Waals surface area (Å²) in [6.07, 6.45) is 1.42. The fraction of sp³-hybridized carbons (Fsp3) is 0.321. The van der Waals surface area contributed by atoms with Crippen LogP contribution in [0.5, 0.6) is 23.0 Å². The van der Waals surface area contributed by atoms with Gasteiger partial charge in [-0.1, -0.05) is 42.5 Å². The molecule has 7 nitrogen and oxygen atoms in total. The van der Waals surface area contributed by atoms with Crippen molar-refractivity contribution in [1.82, 2.24) is 4.90 Å². The van der Waals surface area contributed by atoms with Crippen LogP contribution in [0.4, 0.5) is 0 Å². The van der Waals surface area contributed by atoms with Crippen molar-refractivity contribution in [1.29, 1.82) is 0 Å². The topological polar surface area (TPSA) is 77.5 Å². The number of methoxy groups -OCH3 is 3.